The van der Waals surface area contributed by atoms with Crippen LogP contribution in [0.5, 0.6) is 0 Å². The van der Waals surface area contributed by atoms with Crippen LogP contribution in [-0.2, 0) is 6.42 Å². The van der Waals surface area contributed by atoms with Gasteiger partial charge in [-0.2, -0.15) is 0 Å². The van der Waals surface area contributed by atoms with Gasteiger partial charge < -0.3 is 10.6 Å². The van der Waals surface area contributed by atoms with Crippen LogP contribution < -0.4 is 10.6 Å². The number of hydrogen-bond donors (Lipinski definition) is 1. The summed E-state index contributed by atoms with van der Waals surface area (Å²) in [6.45, 7) is 9.02. The predicted molar refractivity (Wildman–Crippen MR) is 88.6 cm³/mol. The van der Waals surface area contributed by atoms with Gasteiger partial charge in [0.15, 0.2) is 0 Å². The van der Waals surface area contributed by atoms with Crippen molar-refractivity contribution in [2.24, 2.45) is 17.6 Å². The van der Waals surface area contributed by atoms with Crippen molar-refractivity contribution in [3.05, 3.63) is 28.8 Å². The Morgan fingerprint density at radius 3 is 2.75 bits per heavy atom. The molecule has 0 saturated carbocycles. The van der Waals surface area contributed by atoms with E-state index in [4.69, 9.17) is 17.3 Å². The Kier molecular flexibility index (Phi) is 5.34. The van der Waals surface area contributed by atoms with E-state index < -0.39 is 0 Å². The summed E-state index contributed by atoms with van der Waals surface area (Å²) in [5.41, 5.74) is 8.66. The zero-order valence-corrected chi connectivity index (χ0v) is 13.7. The number of para-hydroxylation sites is 1. The molecule has 1 fully saturated rings. The van der Waals surface area contributed by atoms with E-state index in [1.165, 1.54) is 17.7 Å². The van der Waals surface area contributed by atoms with E-state index in [1.807, 2.05) is 12.1 Å². The molecule has 112 valence electrons. The lowest BCUT2D eigenvalue weighted by atomic mass is 9.88. The predicted octanol–water partition coefficient (Wildman–Crippen LogP) is 4.10. The smallest absolute Gasteiger partial charge is 0.0642 e. The van der Waals surface area contributed by atoms with E-state index in [0.29, 0.717) is 5.92 Å². The molecule has 1 aromatic carbocycles. The third-order valence-corrected chi connectivity index (χ3v) is 5.03. The van der Waals surface area contributed by atoms with Gasteiger partial charge in [0, 0.05) is 19.1 Å². The average molecular weight is 295 g/mol. The van der Waals surface area contributed by atoms with Crippen molar-refractivity contribution in [2.45, 2.75) is 46.1 Å². The highest BCUT2D eigenvalue weighted by molar-refractivity contribution is 6.33. The summed E-state index contributed by atoms with van der Waals surface area (Å²) in [7, 11) is 0. The Bertz CT molecular complexity index is 447. The summed E-state index contributed by atoms with van der Waals surface area (Å²) in [5.74, 6) is 1.52. The quantitative estimate of drug-likeness (QED) is 0.906. The third-order valence-electron chi connectivity index (χ3n) is 4.73. The highest BCUT2D eigenvalue weighted by Crippen LogP contribution is 2.35. The standard InChI is InChI=1S/C17H27ClN2/c1-4-15(19)10-14-6-5-7-16(18)17(14)20-9-8-12(2)13(3)11-20/h5-7,12-13,15H,4,8-11,19H2,1-3H3. The molecule has 3 atom stereocenters. The maximum Gasteiger partial charge on any atom is 0.0642 e. The number of rotatable bonds is 4. The fourth-order valence-corrected chi connectivity index (χ4v) is 3.29. The van der Waals surface area contributed by atoms with Crippen molar-refractivity contribution in [2.75, 3.05) is 18.0 Å². The minimum atomic E-state index is 0.216. The summed E-state index contributed by atoms with van der Waals surface area (Å²) in [5, 5.41) is 0.868. The summed E-state index contributed by atoms with van der Waals surface area (Å²) >= 11 is 6.49. The van der Waals surface area contributed by atoms with Crippen molar-refractivity contribution >= 4 is 17.3 Å². The van der Waals surface area contributed by atoms with Gasteiger partial charge in [-0.1, -0.05) is 44.5 Å². The Hall–Kier alpha value is -0.730. The molecule has 1 aromatic rings. The first-order chi connectivity index (χ1) is 9.52. The van der Waals surface area contributed by atoms with Gasteiger partial charge >= 0.3 is 0 Å². The van der Waals surface area contributed by atoms with Crippen molar-refractivity contribution in [1.29, 1.82) is 0 Å². The molecule has 0 radical (unpaired) electrons. The topological polar surface area (TPSA) is 29.3 Å². The molecule has 2 N–H and O–H groups in total. The van der Waals surface area contributed by atoms with Crippen LogP contribution in [0.4, 0.5) is 5.69 Å². The van der Waals surface area contributed by atoms with Crippen LogP contribution in [0.25, 0.3) is 0 Å². The number of nitrogens with zero attached hydrogens (tertiary/aromatic N) is 1. The van der Waals surface area contributed by atoms with Crippen LogP contribution >= 0.6 is 11.6 Å². The second-order valence-electron chi connectivity index (χ2n) is 6.31. The van der Waals surface area contributed by atoms with Gasteiger partial charge in [0.05, 0.1) is 10.7 Å². The van der Waals surface area contributed by atoms with Crippen LogP contribution in [0.15, 0.2) is 18.2 Å². The zero-order valence-electron chi connectivity index (χ0n) is 12.9. The first-order valence-electron chi connectivity index (χ1n) is 7.80. The summed E-state index contributed by atoms with van der Waals surface area (Å²) in [6.07, 6.45) is 3.15. The Labute approximate surface area is 128 Å². The lowest BCUT2D eigenvalue weighted by Gasteiger charge is -2.38. The van der Waals surface area contributed by atoms with Crippen molar-refractivity contribution < 1.29 is 0 Å². The molecule has 0 aromatic heterocycles. The van der Waals surface area contributed by atoms with Crippen molar-refractivity contribution in [3.63, 3.8) is 0 Å². The van der Waals surface area contributed by atoms with E-state index in [9.17, 15) is 0 Å². The molecule has 3 unspecified atom stereocenters. The van der Waals surface area contributed by atoms with Gasteiger partial charge in [0.25, 0.3) is 0 Å². The molecule has 0 amide bonds. The minimum Gasteiger partial charge on any atom is -0.370 e. The van der Waals surface area contributed by atoms with Crippen molar-refractivity contribution in [1.82, 2.24) is 0 Å². The van der Waals surface area contributed by atoms with Gasteiger partial charge in [-0.3, -0.25) is 0 Å². The monoisotopic (exact) mass is 294 g/mol. The molecule has 1 aliphatic heterocycles. The average Bonchev–Trinajstić information content (AvgIpc) is 2.42. The van der Waals surface area contributed by atoms with Gasteiger partial charge in [0.2, 0.25) is 0 Å². The van der Waals surface area contributed by atoms with E-state index in [2.05, 4.69) is 31.7 Å². The summed E-state index contributed by atoms with van der Waals surface area (Å²) < 4.78 is 0. The molecule has 0 aliphatic carbocycles. The summed E-state index contributed by atoms with van der Waals surface area (Å²) in [6, 6.07) is 6.44. The van der Waals surface area contributed by atoms with E-state index in [-0.39, 0.29) is 6.04 Å². The molecule has 2 rings (SSSR count). The van der Waals surface area contributed by atoms with Gasteiger partial charge in [-0.15, -0.1) is 0 Å². The van der Waals surface area contributed by atoms with Gasteiger partial charge in [-0.05, 0) is 42.7 Å². The second-order valence-corrected chi connectivity index (χ2v) is 6.72. The first kappa shape index (κ1) is 15.7. The molecule has 0 spiro atoms. The number of benzene rings is 1. The molecule has 1 aliphatic rings. The van der Waals surface area contributed by atoms with Crippen LogP contribution in [0.2, 0.25) is 5.02 Å². The largest absolute Gasteiger partial charge is 0.370 e. The lowest BCUT2D eigenvalue weighted by molar-refractivity contribution is 0.323. The summed E-state index contributed by atoms with van der Waals surface area (Å²) in [4.78, 5) is 2.46. The van der Waals surface area contributed by atoms with E-state index in [1.54, 1.807) is 0 Å². The van der Waals surface area contributed by atoms with Crippen LogP contribution in [0, 0.1) is 11.8 Å². The Morgan fingerprint density at radius 1 is 1.35 bits per heavy atom. The van der Waals surface area contributed by atoms with E-state index in [0.717, 1.165) is 36.9 Å². The number of piperidine rings is 1. The van der Waals surface area contributed by atoms with Crippen LogP contribution in [0.1, 0.15) is 39.2 Å². The van der Waals surface area contributed by atoms with Crippen molar-refractivity contribution in [3.8, 4) is 0 Å². The first-order valence-corrected chi connectivity index (χ1v) is 8.18. The molecule has 0 bridgehead atoms. The Morgan fingerprint density at radius 2 is 2.10 bits per heavy atom. The minimum absolute atomic E-state index is 0.216. The maximum absolute atomic E-state index is 6.49. The highest BCUT2D eigenvalue weighted by atomic mass is 35.5. The molecule has 1 saturated heterocycles. The molecular weight excluding hydrogens is 268 g/mol. The number of nitrogens with two attached hydrogens (primary N) is 1. The van der Waals surface area contributed by atoms with Crippen LogP contribution in [-0.4, -0.2) is 19.1 Å². The van der Waals surface area contributed by atoms with Gasteiger partial charge in [0.1, 0.15) is 0 Å². The number of hydrogen-bond acceptors (Lipinski definition) is 2. The fourth-order valence-electron chi connectivity index (χ4n) is 2.97. The highest BCUT2D eigenvalue weighted by Gasteiger charge is 2.25. The van der Waals surface area contributed by atoms with Crippen LogP contribution in [0.3, 0.4) is 0 Å². The lowest BCUT2D eigenvalue weighted by Crippen LogP contribution is -2.39. The Balaban J connectivity index is 2.25. The normalized spacial score (nSPS) is 24.8. The van der Waals surface area contributed by atoms with Gasteiger partial charge in [-0.25, -0.2) is 0 Å². The fraction of sp³-hybridized carbons (Fsp3) is 0.647. The maximum atomic E-state index is 6.49. The second kappa shape index (κ2) is 6.82. The van der Waals surface area contributed by atoms with E-state index >= 15 is 0 Å². The molecule has 3 heteroatoms. The SMILES string of the molecule is CCC(N)Cc1cccc(Cl)c1N1CCC(C)C(C)C1. The molecular formula is C17H27ClN2. The number of anilines is 1. The number of halogens is 1. The third kappa shape index (κ3) is 3.48. The zero-order chi connectivity index (χ0) is 14.7. The molecule has 1 heterocycles. The molecule has 2 nitrogen and oxygen atoms in total. The molecule has 20 heavy (non-hydrogen) atoms.